The maximum Gasteiger partial charge on any atom is 0.310 e. The predicted octanol–water partition coefficient (Wildman–Crippen LogP) is 1.72. The fourth-order valence-corrected chi connectivity index (χ4v) is 1.86. The first-order valence-electron chi connectivity index (χ1n) is 4.23. The van der Waals surface area contributed by atoms with Gasteiger partial charge in [-0.3, -0.25) is 14.9 Å². The topological polar surface area (TPSA) is 96.2 Å². The Morgan fingerprint density at radius 1 is 1.44 bits per heavy atom. The molecule has 0 atom stereocenters. The minimum Gasteiger partial charge on any atom is -0.502 e. The van der Waals surface area contributed by atoms with E-state index in [0.29, 0.717) is 11.3 Å². The molecule has 2 aromatic rings. The highest BCUT2D eigenvalue weighted by atomic mass is 32.1. The monoisotopic (exact) mass is 238 g/mol. The molecule has 82 valence electrons. The maximum absolute atomic E-state index is 10.9. The smallest absolute Gasteiger partial charge is 0.310 e. The average molecular weight is 238 g/mol. The van der Waals surface area contributed by atoms with Gasteiger partial charge in [-0.25, -0.2) is 0 Å². The third-order valence-electron chi connectivity index (χ3n) is 2.00. The zero-order chi connectivity index (χ0) is 11.7. The molecule has 7 heteroatoms. The van der Waals surface area contributed by atoms with Gasteiger partial charge in [0.1, 0.15) is 0 Å². The Kier molecular flexibility index (Phi) is 2.45. The first-order valence-corrected chi connectivity index (χ1v) is 5.11. The number of H-pyrrole nitrogens is 1. The van der Waals surface area contributed by atoms with Gasteiger partial charge in [0.25, 0.3) is 0 Å². The van der Waals surface area contributed by atoms with Crippen LogP contribution in [0.3, 0.4) is 0 Å². The number of aromatic amines is 1. The van der Waals surface area contributed by atoms with Crippen LogP contribution in [-0.2, 0) is 0 Å². The lowest BCUT2D eigenvalue weighted by Gasteiger charge is -1.99. The number of nitro benzene ring substituents is 1. The number of phenolic OH excluding ortho intramolecular Hbond substituents is 1. The van der Waals surface area contributed by atoms with Gasteiger partial charge in [-0.1, -0.05) is 11.3 Å². The summed E-state index contributed by atoms with van der Waals surface area (Å²) in [5, 5.41) is 21.4. The Labute approximate surface area is 93.0 Å². The highest BCUT2D eigenvalue weighted by Gasteiger charge is 2.13. The highest BCUT2D eigenvalue weighted by Crippen LogP contribution is 2.30. The average Bonchev–Trinajstić information content (AvgIpc) is 2.64. The van der Waals surface area contributed by atoms with Crippen molar-refractivity contribution in [3.8, 4) is 17.0 Å². The SMILES string of the molecule is O=c1[nH]c(-c2ccc([N+](=O)[O-])c(O)c2)cs1. The van der Waals surface area contributed by atoms with Crippen LogP contribution in [-0.4, -0.2) is 15.0 Å². The number of thiazole rings is 1. The largest absolute Gasteiger partial charge is 0.502 e. The molecule has 0 aliphatic carbocycles. The van der Waals surface area contributed by atoms with Crippen LogP contribution in [0, 0.1) is 10.1 Å². The molecule has 1 aromatic heterocycles. The molecule has 0 radical (unpaired) electrons. The summed E-state index contributed by atoms with van der Waals surface area (Å²) in [6.45, 7) is 0. The maximum atomic E-state index is 10.9. The van der Waals surface area contributed by atoms with Crippen LogP contribution in [0.25, 0.3) is 11.3 Å². The van der Waals surface area contributed by atoms with Crippen LogP contribution in [0.2, 0.25) is 0 Å². The quantitative estimate of drug-likeness (QED) is 0.614. The Morgan fingerprint density at radius 2 is 2.19 bits per heavy atom. The van der Waals surface area contributed by atoms with Crippen LogP contribution >= 0.6 is 11.3 Å². The Hall–Kier alpha value is -2.15. The summed E-state index contributed by atoms with van der Waals surface area (Å²) < 4.78 is 0. The molecule has 2 rings (SSSR count). The van der Waals surface area contributed by atoms with Gasteiger partial charge in [0.05, 0.1) is 10.6 Å². The number of aromatic nitrogens is 1. The van der Waals surface area contributed by atoms with Gasteiger partial charge in [-0.15, -0.1) is 0 Å². The van der Waals surface area contributed by atoms with E-state index in [1.165, 1.54) is 18.2 Å². The van der Waals surface area contributed by atoms with Gasteiger partial charge < -0.3 is 10.1 Å². The molecular formula is C9H6N2O4S. The number of nitro groups is 1. The van der Waals surface area contributed by atoms with Crippen LogP contribution < -0.4 is 4.87 Å². The van der Waals surface area contributed by atoms with Crippen molar-refractivity contribution in [1.82, 2.24) is 4.98 Å². The second kappa shape index (κ2) is 3.78. The molecule has 0 spiro atoms. The van der Waals surface area contributed by atoms with E-state index in [9.17, 15) is 20.0 Å². The zero-order valence-corrected chi connectivity index (χ0v) is 8.65. The highest BCUT2D eigenvalue weighted by molar-refractivity contribution is 7.07. The predicted molar refractivity (Wildman–Crippen MR) is 58.7 cm³/mol. The van der Waals surface area contributed by atoms with Gasteiger partial charge in [0.15, 0.2) is 5.75 Å². The lowest BCUT2D eigenvalue weighted by molar-refractivity contribution is -0.385. The lowest BCUT2D eigenvalue weighted by atomic mass is 10.1. The summed E-state index contributed by atoms with van der Waals surface area (Å²) >= 11 is 0.989. The summed E-state index contributed by atoms with van der Waals surface area (Å²) in [6, 6.07) is 3.91. The van der Waals surface area contributed by atoms with Gasteiger partial charge in [0, 0.05) is 17.0 Å². The number of phenols is 1. The number of hydrogen-bond donors (Lipinski definition) is 2. The molecule has 0 saturated heterocycles. The molecule has 6 nitrogen and oxygen atoms in total. The third kappa shape index (κ3) is 1.80. The summed E-state index contributed by atoms with van der Waals surface area (Å²) in [5.74, 6) is -0.422. The Balaban J connectivity index is 2.49. The Bertz CT molecular complexity index is 602. The number of benzene rings is 1. The molecule has 0 aliphatic rings. The molecule has 1 aromatic carbocycles. The van der Waals surface area contributed by atoms with E-state index in [1.807, 2.05) is 0 Å². The Morgan fingerprint density at radius 3 is 2.69 bits per heavy atom. The molecule has 0 bridgehead atoms. The number of aromatic hydroxyl groups is 1. The van der Waals surface area contributed by atoms with E-state index < -0.39 is 10.7 Å². The van der Waals surface area contributed by atoms with Crippen molar-refractivity contribution in [2.45, 2.75) is 0 Å². The standard InChI is InChI=1S/C9H6N2O4S/c12-8-3-5(1-2-7(8)11(14)15)6-4-16-9(13)10-6/h1-4,12H,(H,10,13). The van der Waals surface area contributed by atoms with Crippen molar-refractivity contribution in [2.24, 2.45) is 0 Å². The van der Waals surface area contributed by atoms with Crippen molar-refractivity contribution in [3.05, 3.63) is 43.4 Å². The number of rotatable bonds is 2. The summed E-state index contributed by atoms with van der Waals surface area (Å²) in [5.41, 5.74) is 0.697. The van der Waals surface area contributed by atoms with Crippen molar-refractivity contribution in [2.75, 3.05) is 0 Å². The van der Waals surface area contributed by atoms with Gasteiger partial charge in [-0.2, -0.15) is 0 Å². The molecule has 0 fully saturated rings. The molecule has 1 heterocycles. The normalized spacial score (nSPS) is 10.2. The number of nitrogens with one attached hydrogen (secondary N) is 1. The minimum atomic E-state index is -0.671. The molecular weight excluding hydrogens is 232 g/mol. The van der Waals surface area contributed by atoms with Crippen LogP contribution in [0.1, 0.15) is 0 Å². The third-order valence-corrected chi connectivity index (χ3v) is 2.67. The molecule has 2 N–H and O–H groups in total. The molecule has 16 heavy (non-hydrogen) atoms. The van der Waals surface area contributed by atoms with E-state index in [0.717, 1.165) is 11.3 Å². The van der Waals surface area contributed by atoms with E-state index in [-0.39, 0.29) is 10.6 Å². The lowest BCUT2D eigenvalue weighted by Crippen LogP contribution is -1.93. The van der Waals surface area contributed by atoms with Crippen molar-refractivity contribution in [3.63, 3.8) is 0 Å². The van der Waals surface area contributed by atoms with Crippen LogP contribution in [0.4, 0.5) is 5.69 Å². The molecule has 0 amide bonds. The van der Waals surface area contributed by atoms with Crippen molar-refractivity contribution < 1.29 is 10.0 Å². The zero-order valence-electron chi connectivity index (χ0n) is 7.84. The first-order chi connectivity index (χ1) is 7.58. The second-order valence-corrected chi connectivity index (χ2v) is 3.86. The summed E-state index contributed by atoms with van der Waals surface area (Å²) in [4.78, 5) is 23.0. The fourth-order valence-electron chi connectivity index (χ4n) is 1.27. The molecule has 0 saturated carbocycles. The van der Waals surface area contributed by atoms with E-state index >= 15 is 0 Å². The summed E-state index contributed by atoms with van der Waals surface area (Å²) in [6.07, 6.45) is 0. The van der Waals surface area contributed by atoms with E-state index in [2.05, 4.69) is 4.98 Å². The van der Waals surface area contributed by atoms with Crippen molar-refractivity contribution >= 4 is 17.0 Å². The van der Waals surface area contributed by atoms with E-state index in [4.69, 9.17) is 0 Å². The second-order valence-electron chi connectivity index (χ2n) is 3.02. The van der Waals surface area contributed by atoms with Crippen LogP contribution in [0.5, 0.6) is 5.75 Å². The van der Waals surface area contributed by atoms with Gasteiger partial charge in [-0.05, 0) is 12.1 Å². The molecule has 0 aliphatic heterocycles. The van der Waals surface area contributed by atoms with E-state index in [1.54, 1.807) is 5.38 Å². The van der Waals surface area contributed by atoms with Crippen LogP contribution in [0.15, 0.2) is 28.4 Å². The fraction of sp³-hybridized carbons (Fsp3) is 0. The molecule has 0 unspecified atom stereocenters. The van der Waals surface area contributed by atoms with Crippen molar-refractivity contribution in [1.29, 1.82) is 0 Å². The first kappa shape index (κ1) is 10.4. The van der Waals surface area contributed by atoms with Gasteiger partial charge in [0.2, 0.25) is 0 Å². The minimum absolute atomic E-state index is 0.215. The van der Waals surface area contributed by atoms with Gasteiger partial charge >= 0.3 is 10.6 Å². The number of nitrogens with zero attached hydrogens (tertiary/aromatic N) is 1. The summed E-state index contributed by atoms with van der Waals surface area (Å²) in [7, 11) is 0. The number of hydrogen-bond acceptors (Lipinski definition) is 5.